The number of carbonyl (C=O) groups is 1. The molecular weight excluding hydrogens is 475 g/mol. The highest BCUT2D eigenvalue weighted by Gasteiger charge is 2.66. The van der Waals surface area contributed by atoms with Crippen molar-refractivity contribution < 1.29 is 41.0 Å². The summed E-state index contributed by atoms with van der Waals surface area (Å²) >= 11 is 5.94. The Morgan fingerprint density at radius 3 is 2.39 bits per heavy atom. The number of methoxy groups -OCH3 is 2. The van der Waals surface area contributed by atoms with Crippen LogP contribution < -0.4 is 14.8 Å². The minimum absolute atomic E-state index is 0.0147. The molecule has 3 rings (SSSR count). The maximum Gasteiger partial charge on any atom is 0.417 e. The van der Waals surface area contributed by atoms with Crippen molar-refractivity contribution in [1.82, 2.24) is 4.98 Å². The van der Waals surface area contributed by atoms with E-state index in [1.807, 2.05) is 0 Å². The van der Waals surface area contributed by atoms with Gasteiger partial charge in [-0.05, 0) is 19.1 Å². The molecule has 1 aliphatic rings. The SMILES string of the molecule is COc1c(NC(=O)[C@@H]2O[C@@](C)(C(F)(F)F)[C@@H](C)[C@H]2c2ccc(F)c(F)c2OC)ccnc1Cl. The van der Waals surface area contributed by atoms with Crippen LogP contribution in [0.25, 0.3) is 0 Å². The van der Waals surface area contributed by atoms with E-state index in [9.17, 15) is 26.7 Å². The molecule has 0 unspecified atom stereocenters. The second kappa shape index (κ2) is 8.94. The Bertz CT molecular complexity index is 1070. The van der Waals surface area contributed by atoms with Crippen LogP contribution in [0.3, 0.4) is 0 Å². The summed E-state index contributed by atoms with van der Waals surface area (Å²) in [5.41, 5.74) is -2.87. The summed E-state index contributed by atoms with van der Waals surface area (Å²) in [6, 6.07) is 3.16. The normalized spacial score (nSPS) is 25.1. The van der Waals surface area contributed by atoms with Crippen LogP contribution in [-0.2, 0) is 9.53 Å². The van der Waals surface area contributed by atoms with Crippen molar-refractivity contribution >= 4 is 23.2 Å². The summed E-state index contributed by atoms with van der Waals surface area (Å²) in [5.74, 6) is -6.96. The molecule has 1 N–H and O–H groups in total. The number of hydrogen-bond donors (Lipinski definition) is 1. The zero-order valence-corrected chi connectivity index (χ0v) is 18.6. The number of benzene rings is 1. The lowest BCUT2D eigenvalue weighted by Gasteiger charge is -2.32. The van der Waals surface area contributed by atoms with Crippen molar-refractivity contribution in [3.8, 4) is 11.5 Å². The van der Waals surface area contributed by atoms with Crippen LogP contribution in [-0.4, -0.2) is 43.0 Å². The zero-order chi connectivity index (χ0) is 24.7. The molecule has 0 radical (unpaired) electrons. The molecule has 180 valence electrons. The number of nitrogens with zero attached hydrogens (tertiary/aromatic N) is 1. The molecule has 12 heteroatoms. The van der Waals surface area contributed by atoms with Crippen molar-refractivity contribution in [1.29, 1.82) is 0 Å². The van der Waals surface area contributed by atoms with E-state index in [1.54, 1.807) is 0 Å². The standard InChI is InChI=1S/C21H20ClF5N2O4/c1-9-13(10-5-6-11(23)14(24)15(10)31-3)17(33-20(9,2)21(25,26)27)19(30)29-12-7-8-28-18(22)16(12)32-4/h5-9,13,17H,1-4H3,(H,28,29,30)/t9-,13-,17+,20+/m0/s1. The van der Waals surface area contributed by atoms with E-state index in [4.69, 9.17) is 25.8 Å². The van der Waals surface area contributed by atoms with Gasteiger partial charge in [0.2, 0.25) is 5.82 Å². The van der Waals surface area contributed by atoms with E-state index in [1.165, 1.54) is 26.3 Å². The van der Waals surface area contributed by atoms with Crippen molar-refractivity contribution in [3.63, 3.8) is 0 Å². The van der Waals surface area contributed by atoms with Crippen LogP contribution in [0.5, 0.6) is 11.5 Å². The highest BCUT2D eigenvalue weighted by Crippen LogP contribution is 2.55. The topological polar surface area (TPSA) is 69.7 Å². The molecule has 0 saturated carbocycles. The molecule has 1 fully saturated rings. The van der Waals surface area contributed by atoms with E-state index in [0.29, 0.717) is 0 Å². The lowest BCUT2D eigenvalue weighted by atomic mass is 9.77. The third kappa shape index (κ3) is 4.19. The first-order valence-electron chi connectivity index (χ1n) is 9.63. The van der Waals surface area contributed by atoms with Gasteiger partial charge in [0.15, 0.2) is 28.1 Å². The molecule has 33 heavy (non-hydrogen) atoms. The Morgan fingerprint density at radius 1 is 1.18 bits per heavy atom. The molecule has 1 saturated heterocycles. The first-order valence-corrected chi connectivity index (χ1v) is 10.0. The van der Waals surface area contributed by atoms with Gasteiger partial charge >= 0.3 is 6.18 Å². The Hall–Kier alpha value is -2.66. The van der Waals surface area contributed by atoms with E-state index in [2.05, 4.69) is 10.3 Å². The van der Waals surface area contributed by atoms with Crippen LogP contribution >= 0.6 is 11.6 Å². The average Bonchev–Trinajstić information content (AvgIpc) is 3.02. The van der Waals surface area contributed by atoms with Gasteiger partial charge in [-0.25, -0.2) is 9.37 Å². The number of nitrogens with one attached hydrogen (secondary N) is 1. The van der Waals surface area contributed by atoms with E-state index in [-0.39, 0.29) is 22.2 Å². The summed E-state index contributed by atoms with van der Waals surface area (Å²) in [6.45, 7) is 2.02. The van der Waals surface area contributed by atoms with Gasteiger partial charge in [0.1, 0.15) is 6.10 Å². The number of anilines is 1. The Balaban J connectivity index is 2.11. The summed E-state index contributed by atoms with van der Waals surface area (Å²) in [7, 11) is 2.31. The third-order valence-electron chi connectivity index (χ3n) is 5.89. The molecule has 1 aromatic carbocycles. The second-order valence-electron chi connectivity index (χ2n) is 7.61. The molecule has 6 nitrogen and oxygen atoms in total. The van der Waals surface area contributed by atoms with Gasteiger partial charge in [0.05, 0.1) is 19.9 Å². The van der Waals surface area contributed by atoms with Crippen molar-refractivity contribution in [2.24, 2.45) is 5.92 Å². The molecule has 0 bridgehead atoms. The van der Waals surface area contributed by atoms with Crippen LogP contribution in [0.1, 0.15) is 25.3 Å². The molecule has 2 heterocycles. The smallest absolute Gasteiger partial charge is 0.417 e. The quantitative estimate of drug-likeness (QED) is 0.462. The molecule has 1 amide bonds. The number of pyridine rings is 1. The fourth-order valence-corrected chi connectivity index (χ4v) is 4.19. The van der Waals surface area contributed by atoms with Crippen molar-refractivity contribution in [2.75, 3.05) is 19.5 Å². The fraction of sp³-hybridized carbons (Fsp3) is 0.429. The Kier molecular flexibility index (Phi) is 6.77. The maximum atomic E-state index is 14.4. The molecule has 1 aromatic heterocycles. The number of amides is 1. The van der Waals surface area contributed by atoms with Gasteiger partial charge in [0.25, 0.3) is 5.91 Å². The van der Waals surface area contributed by atoms with Gasteiger partial charge < -0.3 is 19.5 Å². The number of hydrogen-bond acceptors (Lipinski definition) is 5. The van der Waals surface area contributed by atoms with Crippen LogP contribution in [0.15, 0.2) is 24.4 Å². The second-order valence-corrected chi connectivity index (χ2v) is 7.97. The monoisotopic (exact) mass is 494 g/mol. The lowest BCUT2D eigenvalue weighted by molar-refractivity contribution is -0.272. The first-order chi connectivity index (χ1) is 15.4. The van der Waals surface area contributed by atoms with Crippen molar-refractivity contribution in [2.45, 2.75) is 37.6 Å². The minimum Gasteiger partial charge on any atom is -0.493 e. The lowest BCUT2D eigenvalue weighted by Crippen LogP contribution is -2.47. The highest BCUT2D eigenvalue weighted by molar-refractivity contribution is 6.31. The predicted molar refractivity (Wildman–Crippen MR) is 109 cm³/mol. The molecule has 0 aliphatic carbocycles. The van der Waals surface area contributed by atoms with Crippen LogP contribution in [0.2, 0.25) is 5.15 Å². The van der Waals surface area contributed by atoms with Gasteiger partial charge in [-0.15, -0.1) is 0 Å². The minimum atomic E-state index is -4.87. The molecule has 2 aromatic rings. The van der Waals surface area contributed by atoms with E-state index in [0.717, 1.165) is 26.2 Å². The first kappa shape index (κ1) is 25.0. The molecule has 1 aliphatic heterocycles. The zero-order valence-electron chi connectivity index (χ0n) is 17.9. The molecular formula is C21H20ClF5N2O4. The highest BCUT2D eigenvalue weighted by atomic mass is 35.5. The number of halogens is 6. The van der Waals surface area contributed by atoms with Crippen molar-refractivity contribution in [3.05, 3.63) is 46.7 Å². The summed E-state index contributed by atoms with van der Waals surface area (Å²) < 4.78 is 85.4. The Labute approximate surface area is 191 Å². The van der Waals surface area contributed by atoms with Gasteiger partial charge in [-0.2, -0.15) is 17.6 Å². The van der Waals surface area contributed by atoms with Gasteiger partial charge in [-0.1, -0.05) is 24.6 Å². The van der Waals surface area contributed by atoms with Gasteiger partial charge in [-0.3, -0.25) is 4.79 Å². The summed E-state index contributed by atoms with van der Waals surface area (Å²) in [6.07, 6.45) is -5.36. The summed E-state index contributed by atoms with van der Waals surface area (Å²) in [4.78, 5) is 17.0. The molecule has 4 atom stereocenters. The fourth-order valence-electron chi connectivity index (χ4n) is 3.96. The number of alkyl halides is 3. The van der Waals surface area contributed by atoms with Gasteiger partial charge in [0, 0.05) is 23.6 Å². The number of aromatic nitrogens is 1. The Morgan fingerprint density at radius 2 is 1.82 bits per heavy atom. The number of carbonyl (C=O) groups excluding carboxylic acids is 1. The summed E-state index contributed by atoms with van der Waals surface area (Å²) in [5, 5.41) is 2.34. The van der Waals surface area contributed by atoms with E-state index >= 15 is 0 Å². The third-order valence-corrected chi connectivity index (χ3v) is 6.16. The maximum absolute atomic E-state index is 14.4. The number of ether oxygens (including phenoxy) is 3. The predicted octanol–water partition coefficient (Wildman–Crippen LogP) is 5.11. The molecule has 0 spiro atoms. The van der Waals surface area contributed by atoms with Crippen LogP contribution in [0.4, 0.5) is 27.6 Å². The van der Waals surface area contributed by atoms with Crippen LogP contribution in [0, 0.1) is 17.6 Å². The van der Waals surface area contributed by atoms with E-state index < -0.39 is 53.0 Å². The number of rotatable bonds is 5. The average molecular weight is 495 g/mol. The largest absolute Gasteiger partial charge is 0.493 e.